The van der Waals surface area contributed by atoms with E-state index in [1.807, 2.05) is 6.07 Å². The van der Waals surface area contributed by atoms with Gasteiger partial charge >= 0.3 is 0 Å². The van der Waals surface area contributed by atoms with E-state index in [0.717, 1.165) is 16.1 Å². The smallest absolute Gasteiger partial charge is 0.244 e. The fourth-order valence-electron chi connectivity index (χ4n) is 3.43. The standard InChI is InChI=1S/C23H31N3O6S/c1-6-21(23(28)24-2)25(15-17-9-7-11-19(13-17)31-3)22(27)16-26(33(5,29)30)18-10-8-12-20(14-18)32-4/h7-14,21H,6,15-16H2,1-5H3,(H,24,28). The van der Waals surface area contributed by atoms with Gasteiger partial charge in [0.25, 0.3) is 0 Å². The summed E-state index contributed by atoms with van der Waals surface area (Å²) in [7, 11) is 0.708. The molecule has 2 amide bonds. The highest BCUT2D eigenvalue weighted by atomic mass is 32.2. The van der Waals surface area contributed by atoms with Crippen LogP contribution in [0.5, 0.6) is 11.5 Å². The molecule has 9 nitrogen and oxygen atoms in total. The summed E-state index contributed by atoms with van der Waals surface area (Å²) < 4.78 is 36.6. The van der Waals surface area contributed by atoms with Gasteiger partial charge in [-0.05, 0) is 36.2 Å². The lowest BCUT2D eigenvalue weighted by Gasteiger charge is -2.32. The van der Waals surface area contributed by atoms with Crippen molar-refractivity contribution >= 4 is 27.5 Å². The topological polar surface area (TPSA) is 105 Å². The van der Waals surface area contributed by atoms with Crippen LogP contribution in [0.15, 0.2) is 48.5 Å². The van der Waals surface area contributed by atoms with Crippen LogP contribution in [0.25, 0.3) is 0 Å². The van der Waals surface area contributed by atoms with Crippen LogP contribution in [-0.4, -0.2) is 65.2 Å². The fourth-order valence-corrected chi connectivity index (χ4v) is 4.27. The highest BCUT2D eigenvalue weighted by molar-refractivity contribution is 7.92. The van der Waals surface area contributed by atoms with Crippen molar-refractivity contribution in [3.63, 3.8) is 0 Å². The van der Waals surface area contributed by atoms with Gasteiger partial charge in [0.05, 0.1) is 26.2 Å². The average molecular weight is 478 g/mol. The lowest BCUT2D eigenvalue weighted by molar-refractivity contribution is -0.140. The van der Waals surface area contributed by atoms with Gasteiger partial charge in [-0.25, -0.2) is 8.42 Å². The van der Waals surface area contributed by atoms with Crippen molar-refractivity contribution in [1.82, 2.24) is 10.2 Å². The van der Waals surface area contributed by atoms with Gasteiger partial charge in [0, 0.05) is 19.7 Å². The number of amides is 2. The molecule has 0 aliphatic heterocycles. The summed E-state index contributed by atoms with van der Waals surface area (Å²) in [6.07, 6.45) is 1.38. The Kier molecular flexibility index (Phi) is 9.10. The van der Waals surface area contributed by atoms with Crippen molar-refractivity contribution in [3.8, 4) is 11.5 Å². The lowest BCUT2D eigenvalue weighted by atomic mass is 10.1. The van der Waals surface area contributed by atoms with Crippen LogP contribution in [0.3, 0.4) is 0 Å². The molecular weight excluding hydrogens is 446 g/mol. The first kappa shape index (κ1) is 26.0. The maximum atomic E-state index is 13.5. The van der Waals surface area contributed by atoms with E-state index in [1.165, 1.54) is 25.1 Å². The number of hydrogen-bond acceptors (Lipinski definition) is 6. The van der Waals surface area contributed by atoms with Crippen molar-refractivity contribution in [2.75, 3.05) is 38.4 Å². The molecule has 0 fully saturated rings. The molecule has 33 heavy (non-hydrogen) atoms. The monoisotopic (exact) mass is 477 g/mol. The van der Waals surface area contributed by atoms with Crippen LogP contribution in [0.1, 0.15) is 18.9 Å². The normalized spacial score (nSPS) is 11.9. The van der Waals surface area contributed by atoms with Crippen molar-refractivity contribution in [1.29, 1.82) is 0 Å². The molecule has 0 aromatic heterocycles. The molecule has 180 valence electrons. The molecule has 0 radical (unpaired) electrons. The number of rotatable bonds is 11. The number of anilines is 1. The second-order valence-electron chi connectivity index (χ2n) is 7.38. The van der Waals surface area contributed by atoms with Gasteiger partial charge < -0.3 is 19.7 Å². The Balaban J connectivity index is 2.44. The van der Waals surface area contributed by atoms with E-state index in [0.29, 0.717) is 23.6 Å². The van der Waals surface area contributed by atoms with E-state index >= 15 is 0 Å². The third-order valence-corrected chi connectivity index (χ3v) is 6.28. The zero-order valence-corrected chi connectivity index (χ0v) is 20.4. The van der Waals surface area contributed by atoms with E-state index in [-0.39, 0.29) is 12.5 Å². The van der Waals surface area contributed by atoms with Gasteiger partial charge in [0.2, 0.25) is 21.8 Å². The maximum absolute atomic E-state index is 13.5. The first-order valence-corrected chi connectivity index (χ1v) is 12.2. The Morgan fingerprint density at radius 2 is 1.64 bits per heavy atom. The summed E-state index contributed by atoms with van der Waals surface area (Å²) in [4.78, 5) is 27.4. The first-order valence-electron chi connectivity index (χ1n) is 10.4. The molecule has 1 unspecified atom stereocenters. The number of sulfonamides is 1. The number of methoxy groups -OCH3 is 2. The van der Waals surface area contributed by atoms with E-state index in [2.05, 4.69) is 5.32 Å². The second kappa shape index (κ2) is 11.6. The molecule has 0 saturated heterocycles. The highest BCUT2D eigenvalue weighted by Crippen LogP contribution is 2.24. The quantitative estimate of drug-likeness (QED) is 0.531. The number of nitrogens with one attached hydrogen (secondary N) is 1. The maximum Gasteiger partial charge on any atom is 0.244 e. The van der Waals surface area contributed by atoms with Gasteiger partial charge in [-0.2, -0.15) is 0 Å². The predicted octanol–water partition coefficient (Wildman–Crippen LogP) is 2.02. The van der Waals surface area contributed by atoms with Crippen LogP contribution in [0.2, 0.25) is 0 Å². The Hall–Kier alpha value is -3.27. The first-order chi connectivity index (χ1) is 15.6. The van der Waals surface area contributed by atoms with Gasteiger partial charge in [-0.1, -0.05) is 25.1 Å². The van der Waals surface area contributed by atoms with Crippen LogP contribution >= 0.6 is 0 Å². The number of likely N-dealkylation sites (N-methyl/N-ethyl adjacent to an activating group) is 1. The molecule has 0 saturated carbocycles. The zero-order valence-electron chi connectivity index (χ0n) is 19.6. The van der Waals surface area contributed by atoms with Crippen molar-refractivity contribution in [2.45, 2.75) is 25.9 Å². The Morgan fingerprint density at radius 3 is 2.18 bits per heavy atom. The lowest BCUT2D eigenvalue weighted by Crippen LogP contribution is -2.51. The molecular formula is C23H31N3O6S. The molecule has 2 rings (SSSR count). The number of nitrogens with zero attached hydrogens (tertiary/aromatic N) is 2. The van der Waals surface area contributed by atoms with Crippen molar-refractivity contribution < 1.29 is 27.5 Å². The minimum Gasteiger partial charge on any atom is -0.497 e. The van der Waals surface area contributed by atoms with Crippen LogP contribution in [0.4, 0.5) is 5.69 Å². The third-order valence-electron chi connectivity index (χ3n) is 5.14. The summed E-state index contributed by atoms with van der Waals surface area (Å²) in [5.41, 5.74) is 1.04. The number of ether oxygens (including phenoxy) is 2. The molecule has 0 heterocycles. The predicted molar refractivity (Wildman–Crippen MR) is 127 cm³/mol. The fraction of sp³-hybridized carbons (Fsp3) is 0.391. The Labute approximate surface area is 195 Å². The van der Waals surface area contributed by atoms with E-state index < -0.39 is 28.5 Å². The van der Waals surface area contributed by atoms with E-state index in [9.17, 15) is 18.0 Å². The zero-order chi connectivity index (χ0) is 24.6. The number of carbonyl (C=O) groups is 2. The summed E-state index contributed by atoms with van der Waals surface area (Å²) in [5.74, 6) is 0.225. The average Bonchev–Trinajstić information content (AvgIpc) is 2.81. The summed E-state index contributed by atoms with van der Waals surface area (Å²) in [6, 6.07) is 12.8. The molecule has 2 aromatic rings. The molecule has 0 aliphatic rings. The van der Waals surface area contributed by atoms with Gasteiger partial charge in [-0.15, -0.1) is 0 Å². The van der Waals surface area contributed by atoms with Crippen molar-refractivity contribution in [3.05, 3.63) is 54.1 Å². The third kappa shape index (κ3) is 6.85. The minimum atomic E-state index is -3.80. The van der Waals surface area contributed by atoms with Crippen LogP contribution in [0, 0.1) is 0 Å². The number of hydrogen-bond donors (Lipinski definition) is 1. The second-order valence-corrected chi connectivity index (χ2v) is 9.29. The van der Waals surface area contributed by atoms with Crippen LogP contribution in [-0.2, 0) is 26.2 Å². The molecule has 1 N–H and O–H groups in total. The van der Waals surface area contributed by atoms with Gasteiger partial charge in [0.1, 0.15) is 24.1 Å². The number of carbonyl (C=O) groups excluding carboxylic acids is 2. The molecule has 2 aromatic carbocycles. The Bertz CT molecular complexity index is 1070. The highest BCUT2D eigenvalue weighted by Gasteiger charge is 2.31. The van der Waals surface area contributed by atoms with Gasteiger partial charge in [0.15, 0.2) is 0 Å². The molecule has 0 bridgehead atoms. The number of benzene rings is 2. The molecule has 1 atom stereocenters. The summed E-state index contributed by atoms with van der Waals surface area (Å²) in [5, 5.41) is 2.58. The summed E-state index contributed by atoms with van der Waals surface area (Å²) >= 11 is 0. The van der Waals surface area contributed by atoms with Crippen LogP contribution < -0.4 is 19.1 Å². The van der Waals surface area contributed by atoms with Gasteiger partial charge in [-0.3, -0.25) is 13.9 Å². The minimum absolute atomic E-state index is 0.109. The molecule has 10 heteroatoms. The largest absolute Gasteiger partial charge is 0.497 e. The molecule has 0 spiro atoms. The van der Waals surface area contributed by atoms with E-state index in [4.69, 9.17) is 9.47 Å². The molecule has 0 aliphatic carbocycles. The van der Waals surface area contributed by atoms with Crippen molar-refractivity contribution in [2.24, 2.45) is 0 Å². The van der Waals surface area contributed by atoms with E-state index in [1.54, 1.807) is 50.4 Å². The SMILES string of the molecule is CCC(C(=O)NC)N(Cc1cccc(OC)c1)C(=O)CN(c1cccc(OC)c1)S(C)(=O)=O. The summed E-state index contributed by atoms with van der Waals surface area (Å²) in [6.45, 7) is 1.43. The Morgan fingerprint density at radius 1 is 1.03 bits per heavy atom.